The van der Waals surface area contributed by atoms with Crippen LogP contribution < -0.4 is 4.74 Å². The van der Waals surface area contributed by atoms with E-state index in [9.17, 15) is 4.79 Å². The normalized spacial score (nSPS) is 18.9. The predicted octanol–water partition coefficient (Wildman–Crippen LogP) is 2.63. The maximum atomic E-state index is 10.8. The lowest BCUT2D eigenvalue weighted by Crippen LogP contribution is -2.26. The van der Waals surface area contributed by atoms with Crippen molar-refractivity contribution in [1.29, 1.82) is 0 Å². The number of carboxylic acid groups (broad SMARTS) is 1. The predicted molar refractivity (Wildman–Crippen MR) is 69.0 cm³/mol. The molecule has 98 valence electrons. The van der Waals surface area contributed by atoms with E-state index < -0.39 is 6.09 Å². The summed E-state index contributed by atoms with van der Waals surface area (Å²) in [5.41, 5.74) is 1.28. The molecule has 0 aliphatic carbocycles. The molecule has 1 aliphatic rings. The van der Waals surface area contributed by atoms with Gasteiger partial charge in [0.2, 0.25) is 0 Å². The van der Waals surface area contributed by atoms with Crippen LogP contribution in [0, 0.1) is 5.92 Å². The molecule has 1 heterocycles. The number of methoxy groups -OCH3 is 1. The van der Waals surface area contributed by atoms with Crippen molar-refractivity contribution in [3.8, 4) is 5.75 Å². The Kier molecular flexibility index (Phi) is 4.07. The number of benzene rings is 1. The first-order valence-electron chi connectivity index (χ1n) is 6.30. The number of ether oxygens (including phenoxy) is 1. The van der Waals surface area contributed by atoms with Crippen LogP contribution in [-0.4, -0.2) is 36.3 Å². The topological polar surface area (TPSA) is 49.8 Å². The number of hydrogen-bond donors (Lipinski definition) is 1. The average molecular weight is 249 g/mol. The fraction of sp³-hybridized carbons (Fsp3) is 0.500. The number of nitrogens with zero attached hydrogens (tertiary/aromatic N) is 1. The summed E-state index contributed by atoms with van der Waals surface area (Å²) in [7, 11) is 1.66. The summed E-state index contributed by atoms with van der Waals surface area (Å²) >= 11 is 0. The van der Waals surface area contributed by atoms with Gasteiger partial charge in [-0.2, -0.15) is 0 Å². The second-order valence-corrected chi connectivity index (χ2v) is 4.77. The zero-order valence-corrected chi connectivity index (χ0v) is 10.6. The zero-order valence-electron chi connectivity index (χ0n) is 10.6. The Balaban J connectivity index is 1.79. The van der Waals surface area contributed by atoms with Crippen LogP contribution in [-0.2, 0) is 6.42 Å². The molecule has 1 fully saturated rings. The van der Waals surface area contributed by atoms with E-state index in [0.29, 0.717) is 19.0 Å². The van der Waals surface area contributed by atoms with Gasteiger partial charge in [0.25, 0.3) is 0 Å². The molecule has 2 rings (SSSR count). The van der Waals surface area contributed by atoms with Crippen LogP contribution in [0.4, 0.5) is 4.79 Å². The lowest BCUT2D eigenvalue weighted by molar-refractivity contribution is 0.154. The Morgan fingerprint density at radius 3 is 2.72 bits per heavy atom. The lowest BCUT2D eigenvalue weighted by Gasteiger charge is -2.12. The van der Waals surface area contributed by atoms with E-state index in [-0.39, 0.29) is 0 Å². The number of amides is 1. The van der Waals surface area contributed by atoms with E-state index in [0.717, 1.165) is 25.0 Å². The molecule has 1 saturated heterocycles. The van der Waals surface area contributed by atoms with Crippen LogP contribution in [0.25, 0.3) is 0 Å². The Morgan fingerprint density at radius 1 is 1.44 bits per heavy atom. The zero-order chi connectivity index (χ0) is 13.0. The van der Waals surface area contributed by atoms with Crippen molar-refractivity contribution in [2.75, 3.05) is 20.2 Å². The van der Waals surface area contributed by atoms with Gasteiger partial charge in [0.1, 0.15) is 5.75 Å². The van der Waals surface area contributed by atoms with E-state index in [1.807, 2.05) is 12.1 Å². The molecule has 0 radical (unpaired) electrons. The van der Waals surface area contributed by atoms with Gasteiger partial charge in [-0.05, 0) is 42.9 Å². The van der Waals surface area contributed by atoms with Crippen LogP contribution in [0.1, 0.15) is 18.4 Å². The molecule has 1 unspecified atom stereocenters. The third kappa shape index (κ3) is 3.15. The molecule has 18 heavy (non-hydrogen) atoms. The molecular formula is C14H19NO3. The van der Waals surface area contributed by atoms with Gasteiger partial charge in [-0.1, -0.05) is 12.1 Å². The van der Waals surface area contributed by atoms with Crippen LogP contribution in [0.15, 0.2) is 24.3 Å². The summed E-state index contributed by atoms with van der Waals surface area (Å²) < 4.78 is 5.12. The van der Waals surface area contributed by atoms with E-state index in [4.69, 9.17) is 9.84 Å². The number of likely N-dealkylation sites (tertiary alicyclic amines) is 1. The molecule has 4 nitrogen and oxygen atoms in total. The largest absolute Gasteiger partial charge is 0.497 e. The van der Waals surface area contributed by atoms with Gasteiger partial charge in [-0.15, -0.1) is 0 Å². The van der Waals surface area contributed by atoms with Crippen LogP contribution in [0.5, 0.6) is 5.75 Å². The van der Waals surface area contributed by atoms with Crippen molar-refractivity contribution in [3.63, 3.8) is 0 Å². The molecule has 1 amide bonds. The molecule has 1 aromatic carbocycles. The first-order valence-corrected chi connectivity index (χ1v) is 6.30. The molecule has 1 aromatic rings. The number of carbonyl (C=O) groups is 1. The maximum absolute atomic E-state index is 10.8. The van der Waals surface area contributed by atoms with E-state index in [1.165, 1.54) is 10.5 Å². The highest BCUT2D eigenvalue weighted by atomic mass is 16.5. The molecule has 1 atom stereocenters. The van der Waals surface area contributed by atoms with Gasteiger partial charge < -0.3 is 14.7 Å². The van der Waals surface area contributed by atoms with Gasteiger partial charge in [-0.25, -0.2) is 4.79 Å². The number of hydrogen-bond acceptors (Lipinski definition) is 2. The minimum absolute atomic E-state index is 0.503. The Hall–Kier alpha value is -1.71. The first-order chi connectivity index (χ1) is 8.69. The standard InChI is InChI=1S/C14H19NO3/c1-18-13-6-4-11(5-7-13)2-3-12-8-9-15(10-12)14(16)17/h4-7,12H,2-3,8-10H2,1H3,(H,16,17). The summed E-state index contributed by atoms with van der Waals surface area (Å²) in [5.74, 6) is 1.37. The van der Waals surface area contributed by atoms with E-state index >= 15 is 0 Å². The highest BCUT2D eigenvalue weighted by Gasteiger charge is 2.25. The van der Waals surface area contributed by atoms with Gasteiger partial charge >= 0.3 is 6.09 Å². The van der Waals surface area contributed by atoms with Crippen molar-refractivity contribution in [2.45, 2.75) is 19.3 Å². The second kappa shape index (κ2) is 5.76. The Bertz CT molecular complexity index is 402. The second-order valence-electron chi connectivity index (χ2n) is 4.77. The van der Waals surface area contributed by atoms with Crippen molar-refractivity contribution < 1.29 is 14.6 Å². The third-order valence-corrected chi connectivity index (χ3v) is 3.56. The van der Waals surface area contributed by atoms with Gasteiger partial charge in [0.15, 0.2) is 0 Å². The number of rotatable bonds is 4. The highest BCUT2D eigenvalue weighted by molar-refractivity contribution is 5.65. The Labute approximate surface area is 107 Å². The van der Waals surface area contributed by atoms with Crippen molar-refractivity contribution in [2.24, 2.45) is 5.92 Å². The third-order valence-electron chi connectivity index (χ3n) is 3.56. The van der Waals surface area contributed by atoms with E-state index in [2.05, 4.69) is 12.1 Å². The van der Waals surface area contributed by atoms with Crippen LogP contribution >= 0.6 is 0 Å². The number of aryl methyl sites for hydroxylation is 1. The quantitative estimate of drug-likeness (QED) is 0.892. The van der Waals surface area contributed by atoms with Crippen molar-refractivity contribution >= 4 is 6.09 Å². The molecule has 0 saturated carbocycles. The van der Waals surface area contributed by atoms with Gasteiger partial charge in [0, 0.05) is 13.1 Å². The lowest BCUT2D eigenvalue weighted by atomic mass is 9.99. The summed E-state index contributed by atoms with van der Waals surface area (Å²) in [6.45, 7) is 1.37. The van der Waals surface area contributed by atoms with Crippen molar-refractivity contribution in [3.05, 3.63) is 29.8 Å². The van der Waals surface area contributed by atoms with Crippen molar-refractivity contribution in [1.82, 2.24) is 4.90 Å². The fourth-order valence-electron chi connectivity index (χ4n) is 2.41. The first kappa shape index (κ1) is 12.7. The molecule has 0 spiro atoms. The minimum atomic E-state index is -0.790. The Morgan fingerprint density at radius 2 is 2.17 bits per heavy atom. The summed E-state index contributed by atoms with van der Waals surface area (Å²) in [6.07, 6.45) is 2.25. The van der Waals surface area contributed by atoms with Gasteiger partial charge in [0.05, 0.1) is 7.11 Å². The molecule has 0 bridgehead atoms. The summed E-state index contributed by atoms with van der Waals surface area (Å²) in [5, 5.41) is 8.89. The van der Waals surface area contributed by atoms with Crippen LogP contribution in [0.2, 0.25) is 0 Å². The smallest absolute Gasteiger partial charge is 0.407 e. The molecule has 1 aliphatic heterocycles. The van der Waals surface area contributed by atoms with E-state index in [1.54, 1.807) is 7.11 Å². The van der Waals surface area contributed by atoms with Gasteiger partial charge in [-0.3, -0.25) is 0 Å². The fourth-order valence-corrected chi connectivity index (χ4v) is 2.41. The monoisotopic (exact) mass is 249 g/mol. The molecule has 1 N–H and O–H groups in total. The molecule has 0 aromatic heterocycles. The SMILES string of the molecule is COc1ccc(CCC2CCN(C(=O)O)C2)cc1. The minimum Gasteiger partial charge on any atom is -0.497 e. The summed E-state index contributed by atoms with van der Waals surface area (Å²) in [6, 6.07) is 8.08. The molecular weight excluding hydrogens is 230 g/mol. The highest BCUT2D eigenvalue weighted by Crippen LogP contribution is 2.22. The maximum Gasteiger partial charge on any atom is 0.407 e. The average Bonchev–Trinajstić information content (AvgIpc) is 2.86. The summed E-state index contributed by atoms with van der Waals surface area (Å²) in [4.78, 5) is 12.3. The van der Waals surface area contributed by atoms with Crippen LogP contribution in [0.3, 0.4) is 0 Å². The molecule has 4 heteroatoms.